The van der Waals surface area contributed by atoms with Gasteiger partial charge in [-0.15, -0.1) is 0 Å². The zero-order chi connectivity index (χ0) is 11.1. The van der Waals surface area contributed by atoms with Crippen LogP contribution in [0, 0.1) is 3.57 Å². The average molecular weight is 327 g/mol. The molecule has 16 heavy (non-hydrogen) atoms. The zero-order valence-electron chi connectivity index (χ0n) is 8.44. The number of hydrogen-bond acceptors (Lipinski definition) is 4. The van der Waals surface area contributed by atoms with Gasteiger partial charge in [0.2, 0.25) is 0 Å². The molecule has 2 heterocycles. The van der Waals surface area contributed by atoms with Crippen LogP contribution in [0.2, 0.25) is 0 Å². The number of hydrogen-bond donors (Lipinski definition) is 2. The van der Waals surface area contributed by atoms with E-state index in [9.17, 15) is 0 Å². The van der Waals surface area contributed by atoms with E-state index in [-0.39, 0.29) is 0 Å². The number of nitrogens with one attached hydrogen (secondary N) is 1. The number of aromatic nitrogens is 4. The van der Waals surface area contributed by atoms with Crippen LogP contribution in [0.3, 0.4) is 0 Å². The topological polar surface area (TPSA) is 80.5 Å². The Kier molecular flexibility index (Phi) is 2.31. The normalized spacial score (nSPS) is 15.3. The molecule has 0 radical (unpaired) electrons. The number of nitrogens with zero attached hydrogens (tertiary/aromatic N) is 3. The van der Waals surface area contributed by atoms with E-state index >= 15 is 0 Å². The smallest absolute Gasteiger partial charge is 0.197 e. The second kappa shape index (κ2) is 3.69. The standard InChI is InChI=1S/C10H10IN5/c11-6-7(5-1-2-5)15-10(16-8(6)12)9-13-3-4-14-9/h3-5H,1-2H2,(H,13,14)(H2,12,15,16). The largest absolute Gasteiger partial charge is 0.383 e. The van der Waals surface area contributed by atoms with Crippen molar-refractivity contribution >= 4 is 28.4 Å². The molecule has 0 aromatic carbocycles. The van der Waals surface area contributed by atoms with Gasteiger partial charge in [-0.25, -0.2) is 15.0 Å². The van der Waals surface area contributed by atoms with Crippen molar-refractivity contribution in [1.29, 1.82) is 0 Å². The molecule has 6 heteroatoms. The molecule has 0 saturated heterocycles. The first-order chi connectivity index (χ1) is 7.75. The predicted octanol–water partition coefficient (Wildman–Crippen LogP) is 1.93. The van der Waals surface area contributed by atoms with Gasteiger partial charge in [0.25, 0.3) is 0 Å². The molecule has 0 unspecified atom stereocenters. The zero-order valence-corrected chi connectivity index (χ0v) is 10.6. The minimum atomic E-state index is 0.545. The summed E-state index contributed by atoms with van der Waals surface area (Å²) in [7, 11) is 0. The van der Waals surface area contributed by atoms with Gasteiger partial charge >= 0.3 is 0 Å². The highest BCUT2D eigenvalue weighted by Gasteiger charge is 2.29. The van der Waals surface area contributed by atoms with Gasteiger partial charge in [-0.05, 0) is 35.4 Å². The van der Waals surface area contributed by atoms with Crippen LogP contribution >= 0.6 is 22.6 Å². The number of nitrogens with two attached hydrogens (primary N) is 1. The Bertz CT molecular complexity index is 518. The molecular formula is C10H10IN5. The van der Waals surface area contributed by atoms with E-state index in [0.29, 0.717) is 23.4 Å². The minimum absolute atomic E-state index is 0.545. The first-order valence-corrected chi connectivity index (χ1v) is 6.16. The van der Waals surface area contributed by atoms with Gasteiger partial charge in [0.15, 0.2) is 11.6 Å². The van der Waals surface area contributed by atoms with E-state index in [1.54, 1.807) is 12.4 Å². The molecule has 5 nitrogen and oxygen atoms in total. The quantitative estimate of drug-likeness (QED) is 0.826. The molecule has 2 aromatic rings. The van der Waals surface area contributed by atoms with Gasteiger partial charge in [0.1, 0.15) is 5.82 Å². The molecule has 3 rings (SSSR count). The summed E-state index contributed by atoms with van der Waals surface area (Å²) < 4.78 is 0.982. The van der Waals surface area contributed by atoms with E-state index < -0.39 is 0 Å². The van der Waals surface area contributed by atoms with Crippen molar-refractivity contribution < 1.29 is 0 Å². The molecular weight excluding hydrogens is 317 g/mol. The number of anilines is 1. The van der Waals surface area contributed by atoms with Crippen LogP contribution < -0.4 is 5.73 Å². The maximum atomic E-state index is 5.89. The maximum Gasteiger partial charge on any atom is 0.197 e. The number of H-pyrrole nitrogens is 1. The number of halogens is 1. The molecule has 0 bridgehead atoms. The third-order valence-electron chi connectivity index (χ3n) is 2.58. The summed E-state index contributed by atoms with van der Waals surface area (Å²) in [5.41, 5.74) is 6.96. The molecule has 1 aliphatic rings. The third-order valence-corrected chi connectivity index (χ3v) is 3.68. The lowest BCUT2D eigenvalue weighted by molar-refractivity contribution is 0.972. The van der Waals surface area contributed by atoms with Crippen LogP contribution in [0.25, 0.3) is 11.6 Å². The van der Waals surface area contributed by atoms with E-state index in [1.165, 1.54) is 12.8 Å². The molecule has 2 aromatic heterocycles. The third kappa shape index (κ3) is 1.66. The lowest BCUT2D eigenvalue weighted by Crippen LogP contribution is -2.04. The summed E-state index contributed by atoms with van der Waals surface area (Å²) >= 11 is 2.21. The van der Waals surface area contributed by atoms with Gasteiger partial charge < -0.3 is 10.7 Å². The van der Waals surface area contributed by atoms with Crippen LogP contribution in [0.15, 0.2) is 12.4 Å². The van der Waals surface area contributed by atoms with Gasteiger partial charge in [-0.3, -0.25) is 0 Å². The maximum absolute atomic E-state index is 5.89. The van der Waals surface area contributed by atoms with Gasteiger partial charge in [0.05, 0.1) is 9.26 Å². The summed E-state index contributed by atoms with van der Waals surface area (Å²) in [6.45, 7) is 0. The molecule has 1 aliphatic carbocycles. The first kappa shape index (κ1) is 10.0. The highest BCUT2D eigenvalue weighted by atomic mass is 127. The van der Waals surface area contributed by atoms with Crippen LogP contribution in [0.4, 0.5) is 5.82 Å². The molecule has 0 amide bonds. The fourth-order valence-electron chi connectivity index (χ4n) is 1.60. The highest BCUT2D eigenvalue weighted by Crippen LogP contribution is 2.42. The monoisotopic (exact) mass is 327 g/mol. The van der Waals surface area contributed by atoms with E-state index in [2.05, 4.69) is 42.5 Å². The summed E-state index contributed by atoms with van der Waals surface area (Å²) in [5, 5.41) is 0. The van der Waals surface area contributed by atoms with Gasteiger partial charge in [-0.2, -0.15) is 0 Å². The van der Waals surface area contributed by atoms with Crippen molar-refractivity contribution in [3.8, 4) is 11.6 Å². The van der Waals surface area contributed by atoms with Crippen molar-refractivity contribution in [1.82, 2.24) is 19.9 Å². The molecule has 3 N–H and O–H groups in total. The predicted molar refractivity (Wildman–Crippen MR) is 68.7 cm³/mol. The Morgan fingerprint density at radius 1 is 1.38 bits per heavy atom. The van der Waals surface area contributed by atoms with Crippen molar-refractivity contribution in [3.05, 3.63) is 21.7 Å². The Morgan fingerprint density at radius 3 is 2.81 bits per heavy atom. The lowest BCUT2D eigenvalue weighted by atomic mass is 10.2. The summed E-state index contributed by atoms with van der Waals surface area (Å²) in [6.07, 6.45) is 5.83. The fourth-order valence-corrected chi connectivity index (χ4v) is 2.28. The number of aromatic amines is 1. The molecule has 1 saturated carbocycles. The van der Waals surface area contributed by atoms with Gasteiger partial charge in [0, 0.05) is 18.3 Å². The Balaban J connectivity index is 2.13. The molecule has 0 aliphatic heterocycles. The SMILES string of the molecule is Nc1nc(-c2ncc[nH]2)nc(C2CC2)c1I. The number of rotatable bonds is 2. The van der Waals surface area contributed by atoms with Crippen LogP contribution in [-0.4, -0.2) is 19.9 Å². The van der Waals surface area contributed by atoms with E-state index in [4.69, 9.17) is 5.73 Å². The van der Waals surface area contributed by atoms with Crippen molar-refractivity contribution in [2.45, 2.75) is 18.8 Å². The van der Waals surface area contributed by atoms with Crippen molar-refractivity contribution in [2.75, 3.05) is 5.73 Å². The number of nitrogen functional groups attached to an aromatic ring is 1. The van der Waals surface area contributed by atoms with Crippen LogP contribution in [-0.2, 0) is 0 Å². The Morgan fingerprint density at radius 2 is 2.19 bits per heavy atom. The van der Waals surface area contributed by atoms with Crippen LogP contribution in [0.5, 0.6) is 0 Å². The molecule has 1 fully saturated rings. The minimum Gasteiger partial charge on any atom is -0.383 e. The number of imidazole rings is 1. The fraction of sp³-hybridized carbons (Fsp3) is 0.300. The van der Waals surface area contributed by atoms with E-state index in [1.807, 2.05) is 0 Å². The first-order valence-electron chi connectivity index (χ1n) is 5.08. The molecule has 0 atom stereocenters. The summed E-state index contributed by atoms with van der Waals surface area (Å²) in [5.74, 6) is 2.37. The van der Waals surface area contributed by atoms with Crippen molar-refractivity contribution in [3.63, 3.8) is 0 Å². The van der Waals surface area contributed by atoms with E-state index in [0.717, 1.165) is 9.26 Å². The highest BCUT2D eigenvalue weighted by molar-refractivity contribution is 14.1. The molecule has 82 valence electrons. The molecule has 0 spiro atoms. The lowest BCUT2D eigenvalue weighted by Gasteiger charge is -2.06. The second-order valence-corrected chi connectivity index (χ2v) is 4.92. The Hall–Kier alpha value is -1.18. The van der Waals surface area contributed by atoms with Gasteiger partial charge in [-0.1, -0.05) is 0 Å². The summed E-state index contributed by atoms with van der Waals surface area (Å²) in [6, 6.07) is 0. The summed E-state index contributed by atoms with van der Waals surface area (Å²) in [4.78, 5) is 15.9. The second-order valence-electron chi connectivity index (χ2n) is 3.84. The van der Waals surface area contributed by atoms with Crippen molar-refractivity contribution in [2.24, 2.45) is 0 Å². The average Bonchev–Trinajstić information content (AvgIpc) is 2.96. The Labute approximate surface area is 106 Å². The van der Waals surface area contributed by atoms with Crippen LogP contribution in [0.1, 0.15) is 24.5 Å².